The van der Waals surface area contributed by atoms with Gasteiger partial charge in [-0.2, -0.15) is 0 Å². The van der Waals surface area contributed by atoms with Crippen LogP contribution in [0.4, 0.5) is 4.79 Å². The molecule has 3 N–H and O–H groups in total. The molecule has 4 aromatic carbocycles. The number of hydrogen-bond acceptors (Lipinski definition) is 4. The number of aliphatic carboxylic acids is 1. The van der Waals surface area contributed by atoms with Crippen molar-refractivity contribution in [1.82, 2.24) is 10.6 Å². The molecule has 5 rings (SSSR count). The van der Waals surface area contributed by atoms with Gasteiger partial charge < -0.3 is 20.5 Å². The number of carboxylic acids is 1. The lowest BCUT2D eigenvalue weighted by Crippen LogP contribution is -2.53. The van der Waals surface area contributed by atoms with E-state index in [9.17, 15) is 19.5 Å². The SMILES string of the molecule is O=C(N[C@@H](Cc1ccccc1)C(=O)N[C@H](Cc1ccccc1)C(=O)O)OCC1c2ccccc2-c2ccccc21. The Labute approximate surface area is 232 Å². The molecule has 0 heterocycles. The number of amides is 2. The van der Waals surface area contributed by atoms with E-state index >= 15 is 0 Å². The Hall–Kier alpha value is -4.91. The highest BCUT2D eigenvalue weighted by Gasteiger charge is 2.31. The number of carbonyl (C=O) groups excluding carboxylic acids is 2. The third-order valence-corrected chi connectivity index (χ3v) is 7.13. The van der Waals surface area contributed by atoms with Gasteiger partial charge in [0, 0.05) is 18.8 Å². The second kappa shape index (κ2) is 12.3. The van der Waals surface area contributed by atoms with E-state index in [1.807, 2.05) is 84.9 Å². The fourth-order valence-electron chi connectivity index (χ4n) is 5.16. The van der Waals surface area contributed by atoms with Crippen molar-refractivity contribution in [3.63, 3.8) is 0 Å². The number of hydrogen-bond donors (Lipinski definition) is 3. The zero-order valence-corrected chi connectivity index (χ0v) is 21.8. The van der Waals surface area contributed by atoms with Crippen LogP contribution in [-0.4, -0.2) is 41.8 Å². The first-order valence-electron chi connectivity index (χ1n) is 13.2. The molecule has 0 bridgehead atoms. The molecule has 0 fully saturated rings. The topological polar surface area (TPSA) is 105 Å². The highest BCUT2D eigenvalue weighted by molar-refractivity contribution is 5.89. The van der Waals surface area contributed by atoms with Crippen molar-refractivity contribution < 1.29 is 24.2 Å². The van der Waals surface area contributed by atoms with Crippen LogP contribution in [0.2, 0.25) is 0 Å². The van der Waals surface area contributed by atoms with Gasteiger partial charge in [0.2, 0.25) is 5.91 Å². The molecule has 0 unspecified atom stereocenters. The molecule has 0 saturated heterocycles. The average molecular weight is 535 g/mol. The molecule has 202 valence electrons. The summed E-state index contributed by atoms with van der Waals surface area (Å²) >= 11 is 0. The Bertz CT molecular complexity index is 1440. The fourth-order valence-corrected chi connectivity index (χ4v) is 5.16. The first kappa shape index (κ1) is 26.7. The Balaban J connectivity index is 1.28. The molecule has 40 heavy (non-hydrogen) atoms. The summed E-state index contributed by atoms with van der Waals surface area (Å²) in [5.41, 5.74) is 5.99. The lowest BCUT2D eigenvalue weighted by molar-refractivity contribution is -0.142. The Morgan fingerprint density at radius 2 is 1.12 bits per heavy atom. The maximum Gasteiger partial charge on any atom is 0.407 e. The van der Waals surface area contributed by atoms with Gasteiger partial charge in [0.05, 0.1) is 0 Å². The van der Waals surface area contributed by atoms with Gasteiger partial charge in [0.15, 0.2) is 0 Å². The number of alkyl carbamates (subject to hydrolysis) is 1. The second-order valence-electron chi connectivity index (χ2n) is 9.80. The van der Waals surface area contributed by atoms with Crippen LogP contribution < -0.4 is 10.6 Å². The second-order valence-corrected chi connectivity index (χ2v) is 9.80. The maximum atomic E-state index is 13.3. The zero-order valence-electron chi connectivity index (χ0n) is 21.8. The van der Waals surface area contributed by atoms with Gasteiger partial charge >= 0.3 is 12.1 Å². The molecule has 0 saturated carbocycles. The van der Waals surface area contributed by atoms with Crippen LogP contribution in [0.5, 0.6) is 0 Å². The average Bonchev–Trinajstić information content (AvgIpc) is 3.30. The number of nitrogens with one attached hydrogen (secondary N) is 2. The van der Waals surface area contributed by atoms with Crippen LogP contribution in [0, 0.1) is 0 Å². The van der Waals surface area contributed by atoms with E-state index in [1.54, 1.807) is 12.1 Å². The van der Waals surface area contributed by atoms with Crippen molar-refractivity contribution in [1.29, 1.82) is 0 Å². The smallest absolute Gasteiger partial charge is 0.407 e. The van der Waals surface area contributed by atoms with E-state index in [-0.39, 0.29) is 25.4 Å². The fraction of sp³-hybridized carbons (Fsp3) is 0.182. The number of carbonyl (C=O) groups is 3. The highest BCUT2D eigenvalue weighted by atomic mass is 16.5. The number of benzene rings is 4. The standard InChI is InChI=1S/C33H30N2O5/c36-31(34-30(32(37)38)20-23-13-5-2-6-14-23)29(19-22-11-3-1-4-12-22)35-33(39)40-21-28-26-17-9-7-15-24(26)25-16-8-10-18-27(25)28/h1-18,28-30H,19-21H2,(H,34,36)(H,35,39)(H,37,38)/t29-,30+/m0/s1. The molecule has 7 nitrogen and oxygen atoms in total. The summed E-state index contributed by atoms with van der Waals surface area (Å²) < 4.78 is 5.66. The molecule has 1 aliphatic carbocycles. The third kappa shape index (κ3) is 6.21. The van der Waals surface area contributed by atoms with E-state index in [4.69, 9.17) is 4.74 Å². The first-order valence-corrected chi connectivity index (χ1v) is 13.2. The van der Waals surface area contributed by atoms with E-state index < -0.39 is 30.1 Å². The Kier molecular flexibility index (Phi) is 8.21. The molecular weight excluding hydrogens is 504 g/mol. The molecule has 4 aromatic rings. The number of fused-ring (bicyclic) bond motifs is 3. The molecule has 0 aliphatic heterocycles. The molecular formula is C33H30N2O5. The Morgan fingerprint density at radius 3 is 1.65 bits per heavy atom. The predicted octanol–water partition coefficient (Wildman–Crippen LogP) is 4.95. The molecule has 7 heteroatoms. The van der Waals surface area contributed by atoms with Crippen LogP contribution in [-0.2, 0) is 27.2 Å². The van der Waals surface area contributed by atoms with Crippen LogP contribution in [0.3, 0.4) is 0 Å². The van der Waals surface area contributed by atoms with Crippen molar-refractivity contribution in [2.75, 3.05) is 6.61 Å². The van der Waals surface area contributed by atoms with Crippen LogP contribution >= 0.6 is 0 Å². The molecule has 2 amide bonds. The summed E-state index contributed by atoms with van der Waals surface area (Å²) in [5.74, 6) is -1.88. The number of carboxylic acid groups (broad SMARTS) is 1. The van der Waals surface area contributed by atoms with Gasteiger partial charge in [0.1, 0.15) is 18.7 Å². The van der Waals surface area contributed by atoms with Crippen LogP contribution in [0.25, 0.3) is 11.1 Å². The van der Waals surface area contributed by atoms with E-state index in [0.717, 1.165) is 33.4 Å². The van der Waals surface area contributed by atoms with Crippen LogP contribution in [0.15, 0.2) is 109 Å². The summed E-state index contributed by atoms with van der Waals surface area (Å²) in [6.07, 6.45) is -0.452. The summed E-state index contributed by atoms with van der Waals surface area (Å²) in [4.78, 5) is 38.3. The summed E-state index contributed by atoms with van der Waals surface area (Å²) in [6.45, 7) is 0.102. The Morgan fingerprint density at radius 1 is 0.650 bits per heavy atom. The molecule has 0 radical (unpaired) electrons. The van der Waals surface area contributed by atoms with Gasteiger partial charge in [-0.25, -0.2) is 9.59 Å². The van der Waals surface area contributed by atoms with Crippen LogP contribution in [0.1, 0.15) is 28.2 Å². The van der Waals surface area contributed by atoms with E-state index in [0.29, 0.717) is 0 Å². The summed E-state index contributed by atoms with van der Waals surface area (Å²) in [6, 6.07) is 32.2. The first-order chi connectivity index (χ1) is 19.5. The van der Waals surface area contributed by atoms with Gasteiger partial charge in [-0.1, -0.05) is 109 Å². The van der Waals surface area contributed by atoms with Crippen molar-refractivity contribution in [3.05, 3.63) is 131 Å². The molecule has 0 aromatic heterocycles. The molecule has 1 aliphatic rings. The predicted molar refractivity (Wildman–Crippen MR) is 152 cm³/mol. The highest BCUT2D eigenvalue weighted by Crippen LogP contribution is 2.44. The molecule has 0 spiro atoms. The van der Waals surface area contributed by atoms with E-state index in [1.165, 1.54) is 0 Å². The minimum absolute atomic E-state index is 0.102. The quantitative estimate of drug-likeness (QED) is 0.267. The third-order valence-electron chi connectivity index (χ3n) is 7.13. The van der Waals surface area contributed by atoms with Gasteiger partial charge in [-0.3, -0.25) is 4.79 Å². The minimum atomic E-state index is -1.16. The van der Waals surface area contributed by atoms with Crippen molar-refractivity contribution in [2.45, 2.75) is 30.8 Å². The normalized spacial score (nSPS) is 13.4. The van der Waals surface area contributed by atoms with Gasteiger partial charge in [-0.05, 0) is 33.4 Å². The van der Waals surface area contributed by atoms with Crippen molar-refractivity contribution in [2.24, 2.45) is 0 Å². The summed E-state index contributed by atoms with van der Waals surface area (Å²) in [7, 11) is 0. The van der Waals surface area contributed by atoms with Gasteiger partial charge in [0.25, 0.3) is 0 Å². The minimum Gasteiger partial charge on any atom is -0.480 e. The molecule has 2 atom stereocenters. The lowest BCUT2D eigenvalue weighted by atomic mass is 9.98. The largest absolute Gasteiger partial charge is 0.480 e. The number of ether oxygens (including phenoxy) is 1. The van der Waals surface area contributed by atoms with Gasteiger partial charge in [-0.15, -0.1) is 0 Å². The monoisotopic (exact) mass is 534 g/mol. The maximum absolute atomic E-state index is 13.3. The van der Waals surface area contributed by atoms with Crippen molar-refractivity contribution >= 4 is 18.0 Å². The number of rotatable bonds is 10. The zero-order chi connectivity index (χ0) is 27.9. The lowest BCUT2D eigenvalue weighted by Gasteiger charge is -2.22. The van der Waals surface area contributed by atoms with E-state index in [2.05, 4.69) is 22.8 Å². The summed E-state index contributed by atoms with van der Waals surface area (Å²) in [5, 5.41) is 15.1. The van der Waals surface area contributed by atoms with Crippen molar-refractivity contribution in [3.8, 4) is 11.1 Å².